The number of rotatable bonds is 4. The molecule has 2 N–H and O–H groups in total. The zero-order valence-corrected chi connectivity index (χ0v) is 13.4. The fourth-order valence-corrected chi connectivity index (χ4v) is 2.29. The van der Waals surface area contributed by atoms with Gasteiger partial charge >= 0.3 is 6.18 Å². The molecule has 0 saturated heterocycles. The van der Waals surface area contributed by atoms with Crippen LogP contribution < -0.4 is 10.6 Å². The van der Waals surface area contributed by atoms with Gasteiger partial charge in [0.15, 0.2) is 0 Å². The van der Waals surface area contributed by atoms with Crippen LogP contribution in [0.25, 0.3) is 0 Å². The lowest BCUT2D eigenvalue weighted by Crippen LogP contribution is -2.22. The average molecular weight is 409 g/mol. The third-order valence-corrected chi connectivity index (χ3v) is 3.62. The molecule has 128 valence electrons. The Labute approximate surface area is 142 Å². The largest absolute Gasteiger partial charge is 0.417 e. The Morgan fingerprint density at radius 2 is 1.79 bits per heavy atom. The van der Waals surface area contributed by atoms with Crippen LogP contribution in [0.3, 0.4) is 0 Å². The molecule has 0 spiro atoms. The van der Waals surface area contributed by atoms with Gasteiger partial charge in [0.1, 0.15) is 11.6 Å². The van der Waals surface area contributed by atoms with Crippen LogP contribution in [0.1, 0.15) is 5.56 Å². The van der Waals surface area contributed by atoms with Gasteiger partial charge in [0.05, 0.1) is 17.8 Å². The van der Waals surface area contributed by atoms with E-state index < -0.39 is 35.8 Å². The maximum Gasteiger partial charge on any atom is 0.417 e. The Morgan fingerprint density at radius 3 is 2.46 bits per heavy atom. The quantitative estimate of drug-likeness (QED) is 0.713. The maximum atomic E-state index is 13.4. The standard InChI is InChI=1S/C15H10BrF5N2O/c16-11-3-2-9(6-10(11)15(19,20)21)22-7-14(24)23-13-5-8(17)1-4-12(13)18/h1-6,22H,7H2,(H,23,24). The SMILES string of the molecule is O=C(CNc1ccc(Br)c(C(F)(F)F)c1)Nc1cc(F)ccc1F. The molecular weight excluding hydrogens is 399 g/mol. The number of carbonyl (C=O) groups is 1. The van der Waals surface area contributed by atoms with E-state index in [1.54, 1.807) is 0 Å². The number of hydrogen-bond acceptors (Lipinski definition) is 2. The van der Waals surface area contributed by atoms with Gasteiger partial charge in [-0.05, 0) is 30.3 Å². The molecule has 0 saturated carbocycles. The molecule has 2 aromatic carbocycles. The second-order valence-electron chi connectivity index (χ2n) is 4.72. The van der Waals surface area contributed by atoms with Crippen molar-refractivity contribution >= 4 is 33.2 Å². The second kappa shape index (κ2) is 7.16. The van der Waals surface area contributed by atoms with Gasteiger partial charge in [-0.1, -0.05) is 15.9 Å². The first-order valence-corrected chi connectivity index (χ1v) is 7.31. The van der Waals surface area contributed by atoms with E-state index in [9.17, 15) is 26.7 Å². The molecule has 0 aliphatic rings. The third kappa shape index (κ3) is 4.67. The van der Waals surface area contributed by atoms with Crippen LogP contribution in [0.2, 0.25) is 0 Å². The van der Waals surface area contributed by atoms with E-state index in [2.05, 4.69) is 26.6 Å². The molecule has 0 fully saturated rings. The summed E-state index contributed by atoms with van der Waals surface area (Å²) in [5, 5.41) is 4.62. The van der Waals surface area contributed by atoms with E-state index in [0.29, 0.717) is 0 Å². The first-order chi connectivity index (χ1) is 11.2. The van der Waals surface area contributed by atoms with E-state index in [-0.39, 0.29) is 15.8 Å². The van der Waals surface area contributed by atoms with Gasteiger partial charge in [0.25, 0.3) is 0 Å². The highest BCUT2D eigenvalue weighted by atomic mass is 79.9. The van der Waals surface area contributed by atoms with Crippen molar-refractivity contribution in [2.75, 3.05) is 17.2 Å². The molecule has 0 heterocycles. The Balaban J connectivity index is 2.03. The maximum absolute atomic E-state index is 13.4. The van der Waals surface area contributed by atoms with Crippen LogP contribution in [0.4, 0.5) is 33.3 Å². The monoisotopic (exact) mass is 408 g/mol. The van der Waals surface area contributed by atoms with Gasteiger partial charge in [-0.2, -0.15) is 13.2 Å². The number of nitrogens with one attached hydrogen (secondary N) is 2. The van der Waals surface area contributed by atoms with Crippen LogP contribution in [-0.4, -0.2) is 12.5 Å². The van der Waals surface area contributed by atoms with Crippen molar-refractivity contribution in [2.24, 2.45) is 0 Å². The summed E-state index contributed by atoms with van der Waals surface area (Å²) >= 11 is 2.80. The molecular formula is C15H10BrF5N2O. The van der Waals surface area contributed by atoms with E-state index in [1.807, 2.05) is 0 Å². The van der Waals surface area contributed by atoms with Crippen LogP contribution in [-0.2, 0) is 11.0 Å². The Hall–Kier alpha value is -2.16. The molecule has 0 aliphatic carbocycles. The molecule has 1 amide bonds. The van der Waals surface area contributed by atoms with E-state index >= 15 is 0 Å². The number of hydrogen-bond donors (Lipinski definition) is 2. The summed E-state index contributed by atoms with van der Waals surface area (Å²) in [5.74, 6) is -2.30. The molecule has 24 heavy (non-hydrogen) atoms. The summed E-state index contributed by atoms with van der Waals surface area (Å²) in [6, 6.07) is 5.91. The topological polar surface area (TPSA) is 41.1 Å². The molecule has 0 aromatic heterocycles. The van der Waals surface area contributed by atoms with Gasteiger partial charge in [-0.15, -0.1) is 0 Å². The van der Waals surface area contributed by atoms with Crippen LogP contribution in [0.15, 0.2) is 40.9 Å². The summed E-state index contributed by atoms with van der Waals surface area (Å²) in [4.78, 5) is 11.7. The molecule has 2 rings (SSSR count). The number of carbonyl (C=O) groups excluding carboxylic acids is 1. The molecule has 0 unspecified atom stereocenters. The molecule has 0 radical (unpaired) electrons. The Kier molecular flexibility index (Phi) is 5.43. The molecule has 0 bridgehead atoms. The highest BCUT2D eigenvalue weighted by Crippen LogP contribution is 2.36. The predicted octanol–water partition coefficient (Wildman–Crippen LogP) is 4.80. The molecule has 2 aromatic rings. The van der Waals surface area contributed by atoms with E-state index in [4.69, 9.17) is 0 Å². The van der Waals surface area contributed by atoms with E-state index in [0.717, 1.165) is 24.3 Å². The van der Waals surface area contributed by atoms with Crippen molar-refractivity contribution in [3.8, 4) is 0 Å². The zero-order valence-electron chi connectivity index (χ0n) is 11.8. The minimum absolute atomic E-state index is 0.0559. The normalized spacial score (nSPS) is 11.2. The lowest BCUT2D eigenvalue weighted by molar-refractivity contribution is -0.138. The lowest BCUT2D eigenvalue weighted by Gasteiger charge is -2.13. The van der Waals surface area contributed by atoms with Crippen LogP contribution in [0.5, 0.6) is 0 Å². The minimum atomic E-state index is -4.55. The fraction of sp³-hybridized carbons (Fsp3) is 0.133. The van der Waals surface area contributed by atoms with Gasteiger partial charge in [0, 0.05) is 16.2 Å². The van der Waals surface area contributed by atoms with Crippen molar-refractivity contribution in [2.45, 2.75) is 6.18 Å². The van der Waals surface area contributed by atoms with Gasteiger partial charge in [-0.25, -0.2) is 8.78 Å². The van der Waals surface area contributed by atoms with Gasteiger partial charge in [-0.3, -0.25) is 4.79 Å². The summed E-state index contributed by atoms with van der Waals surface area (Å²) in [7, 11) is 0. The van der Waals surface area contributed by atoms with Crippen molar-refractivity contribution < 1.29 is 26.7 Å². The summed E-state index contributed by atoms with van der Waals surface area (Å²) in [6.45, 7) is -0.422. The predicted molar refractivity (Wildman–Crippen MR) is 82.6 cm³/mol. The van der Waals surface area contributed by atoms with E-state index in [1.165, 1.54) is 12.1 Å². The summed E-state index contributed by atoms with van der Waals surface area (Å²) < 4.78 is 64.6. The zero-order chi connectivity index (χ0) is 17.9. The van der Waals surface area contributed by atoms with Crippen molar-refractivity contribution in [3.63, 3.8) is 0 Å². The highest BCUT2D eigenvalue weighted by molar-refractivity contribution is 9.10. The molecule has 0 atom stereocenters. The second-order valence-corrected chi connectivity index (χ2v) is 5.57. The number of anilines is 2. The lowest BCUT2D eigenvalue weighted by atomic mass is 10.2. The Bertz CT molecular complexity index is 764. The number of amides is 1. The van der Waals surface area contributed by atoms with Crippen molar-refractivity contribution in [1.29, 1.82) is 0 Å². The molecule has 9 heteroatoms. The fourth-order valence-electron chi connectivity index (χ4n) is 1.82. The number of alkyl halides is 3. The first kappa shape index (κ1) is 18.2. The third-order valence-electron chi connectivity index (χ3n) is 2.93. The summed E-state index contributed by atoms with van der Waals surface area (Å²) in [6.07, 6.45) is -4.55. The smallest absolute Gasteiger partial charge is 0.376 e. The van der Waals surface area contributed by atoms with Crippen LogP contribution >= 0.6 is 15.9 Å². The number of halogens is 6. The average Bonchev–Trinajstić information content (AvgIpc) is 2.49. The first-order valence-electron chi connectivity index (χ1n) is 6.52. The number of benzene rings is 2. The Morgan fingerprint density at radius 1 is 1.08 bits per heavy atom. The van der Waals surface area contributed by atoms with Crippen molar-refractivity contribution in [1.82, 2.24) is 0 Å². The van der Waals surface area contributed by atoms with Crippen LogP contribution in [0, 0.1) is 11.6 Å². The van der Waals surface area contributed by atoms with Crippen molar-refractivity contribution in [3.05, 3.63) is 58.1 Å². The molecule has 0 aliphatic heterocycles. The van der Waals surface area contributed by atoms with Gasteiger partial charge < -0.3 is 10.6 Å². The summed E-state index contributed by atoms with van der Waals surface area (Å²) in [5.41, 5.74) is -1.20. The van der Waals surface area contributed by atoms with Gasteiger partial charge in [0.2, 0.25) is 5.91 Å². The minimum Gasteiger partial charge on any atom is -0.376 e. The molecule has 3 nitrogen and oxygen atoms in total. The highest BCUT2D eigenvalue weighted by Gasteiger charge is 2.33.